The minimum atomic E-state index is -4.08. The summed E-state index contributed by atoms with van der Waals surface area (Å²) >= 11 is 0.969. The van der Waals surface area contributed by atoms with Crippen LogP contribution in [0, 0.1) is 6.92 Å². The van der Waals surface area contributed by atoms with Crippen molar-refractivity contribution in [1.82, 2.24) is 0 Å². The average molecular weight is 580 g/mol. The van der Waals surface area contributed by atoms with Crippen molar-refractivity contribution in [3.63, 3.8) is 0 Å². The van der Waals surface area contributed by atoms with Crippen molar-refractivity contribution in [2.45, 2.75) is 56.1 Å². The van der Waals surface area contributed by atoms with E-state index in [1.54, 1.807) is 66.7 Å². The fourth-order valence-electron chi connectivity index (χ4n) is 4.07. The van der Waals surface area contributed by atoms with Crippen molar-refractivity contribution in [3.05, 3.63) is 84.4 Å². The first-order valence-electron chi connectivity index (χ1n) is 13.3. The zero-order valence-corrected chi connectivity index (χ0v) is 24.2. The van der Waals surface area contributed by atoms with E-state index >= 15 is 0 Å². The molecule has 3 aromatic carbocycles. The van der Waals surface area contributed by atoms with Crippen LogP contribution in [0.15, 0.2) is 88.2 Å². The smallest absolute Gasteiger partial charge is 0.284 e. The number of carbonyl (C=O) groups excluding carboxylic acids is 2. The highest BCUT2D eigenvalue weighted by atomic mass is 32.2. The molecule has 0 aromatic heterocycles. The molecule has 1 N–H and O–H groups in total. The molecule has 1 heterocycles. The number of hydrogen-bond donors (Lipinski definition) is 1. The highest BCUT2D eigenvalue weighted by Gasteiger charge is 2.41. The summed E-state index contributed by atoms with van der Waals surface area (Å²) in [6.07, 6.45) is 4.34. The molecule has 1 unspecified atom stereocenters. The third kappa shape index (κ3) is 7.73. The summed E-state index contributed by atoms with van der Waals surface area (Å²) in [6, 6.07) is 22.1. The second-order valence-corrected chi connectivity index (χ2v) is 12.2. The lowest BCUT2D eigenvalue weighted by Crippen LogP contribution is -2.33. The normalized spacial score (nSPS) is 16.4. The number of rotatable bonds is 12. The van der Waals surface area contributed by atoms with Gasteiger partial charge in [0.05, 0.1) is 17.2 Å². The maximum atomic E-state index is 13.4. The van der Waals surface area contributed by atoms with Gasteiger partial charge in [-0.05, 0) is 61.9 Å². The number of sulfonamides is 1. The summed E-state index contributed by atoms with van der Waals surface area (Å²) in [5.74, 6) is -0.0454. The molecule has 3 aromatic rings. The number of para-hydroxylation sites is 1. The predicted octanol–water partition coefficient (Wildman–Crippen LogP) is 6.18. The van der Waals surface area contributed by atoms with E-state index in [2.05, 4.69) is 16.6 Å². The third-order valence-corrected chi connectivity index (χ3v) is 8.78. The second-order valence-electron chi connectivity index (χ2n) is 9.46. The lowest BCUT2D eigenvalue weighted by atomic mass is 10.2. The topological polar surface area (TPSA) is 105 Å². The number of thioether (sulfide) groups is 1. The quantitative estimate of drug-likeness (QED) is 0.257. The van der Waals surface area contributed by atoms with Gasteiger partial charge in [-0.25, -0.2) is 0 Å². The van der Waals surface area contributed by atoms with Crippen LogP contribution in [0.2, 0.25) is 0 Å². The van der Waals surface area contributed by atoms with Gasteiger partial charge in [-0.15, -0.1) is 4.40 Å². The van der Waals surface area contributed by atoms with Crippen molar-refractivity contribution in [3.8, 4) is 5.75 Å². The van der Waals surface area contributed by atoms with Crippen LogP contribution in [-0.4, -0.2) is 37.3 Å². The molecule has 0 spiro atoms. The highest BCUT2D eigenvalue weighted by Crippen LogP contribution is 2.35. The number of nitrogens with one attached hydrogen (secondary N) is 1. The molecule has 0 bridgehead atoms. The lowest BCUT2D eigenvalue weighted by Gasteiger charge is -2.16. The number of hydrogen-bond acceptors (Lipinski definition) is 6. The average Bonchev–Trinajstić information content (AvgIpc) is 3.23. The Bertz CT molecular complexity index is 1440. The Kier molecular flexibility index (Phi) is 10.0. The monoisotopic (exact) mass is 579 g/mol. The molecular formula is C30H33N3O5S2. The minimum Gasteiger partial charge on any atom is -0.494 e. The van der Waals surface area contributed by atoms with Crippen molar-refractivity contribution in [2.75, 3.05) is 16.8 Å². The van der Waals surface area contributed by atoms with Gasteiger partial charge in [-0.2, -0.15) is 8.42 Å². The SMILES string of the molecule is CCCCCCOc1ccc(NC(=O)CC2S/C(=N/S(=O)(=O)c3ccc(C)cc3)N(c3ccccc3)C2=O)cc1. The number of carbonyl (C=O) groups is 2. The third-order valence-electron chi connectivity index (χ3n) is 6.24. The summed E-state index contributed by atoms with van der Waals surface area (Å²) in [6.45, 7) is 4.67. The Hall–Kier alpha value is -3.63. The van der Waals surface area contributed by atoms with Gasteiger partial charge < -0.3 is 10.1 Å². The number of aryl methyl sites for hydroxylation is 1. The zero-order valence-electron chi connectivity index (χ0n) is 22.6. The van der Waals surface area contributed by atoms with Crippen LogP contribution in [0.25, 0.3) is 0 Å². The Labute approximate surface area is 239 Å². The number of benzene rings is 3. The number of unbranched alkanes of at least 4 members (excludes halogenated alkanes) is 3. The lowest BCUT2D eigenvalue weighted by molar-refractivity contribution is -0.121. The number of amides is 2. The number of ether oxygens (including phenoxy) is 1. The Morgan fingerprint density at radius 1 is 0.975 bits per heavy atom. The van der Waals surface area contributed by atoms with E-state index in [0.717, 1.165) is 35.9 Å². The highest BCUT2D eigenvalue weighted by molar-refractivity contribution is 8.16. The van der Waals surface area contributed by atoms with E-state index in [1.165, 1.54) is 29.9 Å². The van der Waals surface area contributed by atoms with Gasteiger partial charge in [0.25, 0.3) is 10.0 Å². The van der Waals surface area contributed by atoms with Crippen molar-refractivity contribution in [2.24, 2.45) is 4.40 Å². The van der Waals surface area contributed by atoms with E-state index in [0.29, 0.717) is 18.0 Å². The molecule has 40 heavy (non-hydrogen) atoms. The van der Waals surface area contributed by atoms with Crippen molar-refractivity contribution >= 4 is 50.1 Å². The van der Waals surface area contributed by atoms with E-state index in [-0.39, 0.29) is 22.4 Å². The number of amidine groups is 1. The summed E-state index contributed by atoms with van der Waals surface area (Å²) in [7, 11) is -4.08. The van der Waals surface area contributed by atoms with Crippen LogP contribution in [0.1, 0.15) is 44.6 Å². The largest absolute Gasteiger partial charge is 0.494 e. The van der Waals surface area contributed by atoms with Gasteiger partial charge in [0.1, 0.15) is 11.0 Å². The van der Waals surface area contributed by atoms with Crippen LogP contribution < -0.4 is 15.0 Å². The molecule has 4 rings (SSSR count). The van der Waals surface area contributed by atoms with Gasteiger partial charge in [0, 0.05) is 12.1 Å². The molecule has 8 nitrogen and oxygen atoms in total. The van der Waals surface area contributed by atoms with Crippen LogP contribution in [0.5, 0.6) is 5.75 Å². The maximum Gasteiger partial charge on any atom is 0.284 e. The predicted molar refractivity (Wildman–Crippen MR) is 160 cm³/mol. The van der Waals surface area contributed by atoms with Crippen molar-refractivity contribution in [1.29, 1.82) is 0 Å². The van der Waals surface area contributed by atoms with Gasteiger partial charge in [-0.3, -0.25) is 14.5 Å². The summed E-state index contributed by atoms with van der Waals surface area (Å²) in [5, 5.41) is 1.99. The number of anilines is 2. The van der Waals surface area contributed by atoms with Gasteiger partial charge in [0.2, 0.25) is 11.8 Å². The number of nitrogens with zero attached hydrogens (tertiary/aromatic N) is 2. The first-order valence-corrected chi connectivity index (χ1v) is 15.6. The zero-order chi connectivity index (χ0) is 28.5. The summed E-state index contributed by atoms with van der Waals surface area (Å²) in [5.41, 5.74) is 1.97. The van der Waals surface area contributed by atoms with E-state index < -0.39 is 21.2 Å². The standard InChI is InChI=1S/C30H33N3O5S2/c1-3-4-5-9-20-38-25-16-14-23(15-17-25)31-28(34)21-27-29(35)33(24-10-7-6-8-11-24)30(39-27)32-40(36,37)26-18-12-22(2)13-19-26/h6-8,10-19,27H,3-5,9,20-21H2,1-2H3,(H,31,34)/b32-30+. The van der Waals surface area contributed by atoms with E-state index in [4.69, 9.17) is 4.74 Å². The Balaban J connectivity index is 1.45. The van der Waals surface area contributed by atoms with E-state index in [9.17, 15) is 18.0 Å². The molecule has 2 amide bonds. The second kappa shape index (κ2) is 13.6. The van der Waals surface area contributed by atoms with E-state index in [1.807, 2.05) is 6.92 Å². The van der Waals surface area contributed by atoms with Crippen LogP contribution in [-0.2, 0) is 19.6 Å². The van der Waals surface area contributed by atoms with Crippen LogP contribution in [0.4, 0.5) is 11.4 Å². The summed E-state index contributed by atoms with van der Waals surface area (Å²) in [4.78, 5) is 27.6. The Morgan fingerprint density at radius 3 is 2.35 bits per heavy atom. The molecule has 1 saturated heterocycles. The van der Waals surface area contributed by atoms with Crippen molar-refractivity contribution < 1.29 is 22.7 Å². The molecule has 0 saturated carbocycles. The van der Waals surface area contributed by atoms with Gasteiger partial charge in [-0.1, -0.05) is 73.8 Å². The molecule has 10 heteroatoms. The Morgan fingerprint density at radius 2 is 1.68 bits per heavy atom. The maximum absolute atomic E-state index is 13.4. The first-order chi connectivity index (χ1) is 19.3. The first kappa shape index (κ1) is 29.4. The van der Waals surface area contributed by atoms with Gasteiger partial charge in [0.15, 0.2) is 5.17 Å². The van der Waals surface area contributed by atoms with Gasteiger partial charge >= 0.3 is 0 Å². The molecule has 1 fully saturated rings. The fourth-order valence-corrected chi connectivity index (χ4v) is 6.41. The van der Waals surface area contributed by atoms with Crippen LogP contribution >= 0.6 is 11.8 Å². The minimum absolute atomic E-state index is 0.00927. The summed E-state index contributed by atoms with van der Waals surface area (Å²) < 4.78 is 35.9. The molecular weight excluding hydrogens is 546 g/mol. The molecule has 1 atom stereocenters. The molecule has 0 radical (unpaired) electrons. The molecule has 1 aliphatic heterocycles. The van der Waals surface area contributed by atoms with Crippen LogP contribution in [0.3, 0.4) is 0 Å². The molecule has 1 aliphatic rings. The fraction of sp³-hybridized carbons (Fsp3) is 0.300. The molecule has 0 aliphatic carbocycles. The molecule has 210 valence electrons.